The van der Waals surface area contributed by atoms with Crippen molar-refractivity contribution in [3.63, 3.8) is 0 Å². The Bertz CT molecular complexity index is 649. The Morgan fingerprint density at radius 3 is 2.50 bits per heavy atom. The molecule has 0 bridgehead atoms. The van der Waals surface area contributed by atoms with Crippen molar-refractivity contribution in [2.45, 2.75) is 18.7 Å². The summed E-state index contributed by atoms with van der Waals surface area (Å²) in [6.07, 6.45) is 1.59. The lowest BCUT2D eigenvalue weighted by Crippen LogP contribution is -2.26. The van der Waals surface area contributed by atoms with E-state index in [1.165, 1.54) is 22.7 Å². The van der Waals surface area contributed by atoms with E-state index in [1.54, 1.807) is 23.7 Å². The number of rotatable bonds is 3. The van der Waals surface area contributed by atoms with Gasteiger partial charge in [0.05, 0.1) is 4.90 Å². The Balaban J connectivity index is 2.45. The van der Waals surface area contributed by atoms with Crippen LogP contribution in [0.25, 0.3) is 0 Å². The predicted molar refractivity (Wildman–Crippen MR) is 73.6 cm³/mol. The summed E-state index contributed by atoms with van der Waals surface area (Å²) in [7, 11) is -2.00. The number of aryl methyl sites for hydroxylation is 2. The summed E-state index contributed by atoms with van der Waals surface area (Å²) in [5.74, 6) is 0. The number of benzene rings is 1. The Labute approximate surface area is 111 Å². The van der Waals surface area contributed by atoms with E-state index in [0.29, 0.717) is 10.0 Å². The number of sulfonamides is 1. The zero-order valence-corrected chi connectivity index (χ0v) is 12.0. The summed E-state index contributed by atoms with van der Waals surface area (Å²) in [4.78, 5) is 4.31. The van der Waals surface area contributed by atoms with Gasteiger partial charge >= 0.3 is 0 Å². The minimum absolute atomic E-state index is 0.295. The van der Waals surface area contributed by atoms with E-state index < -0.39 is 10.0 Å². The molecule has 0 saturated heterocycles. The molecule has 0 saturated carbocycles. The van der Waals surface area contributed by atoms with Crippen molar-refractivity contribution in [2.24, 2.45) is 0 Å². The highest BCUT2D eigenvalue weighted by molar-refractivity contribution is 7.93. The van der Waals surface area contributed by atoms with Gasteiger partial charge in [0.2, 0.25) is 0 Å². The first-order chi connectivity index (χ1) is 8.43. The molecule has 0 aliphatic rings. The second kappa shape index (κ2) is 4.70. The molecule has 0 spiro atoms. The van der Waals surface area contributed by atoms with Crippen LogP contribution in [0, 0.1) is 13.8 Å². The molecule has 0 radical (unpaired) electrons. The lowest BCUT2D eigenvalue weighted by molar-refractivity contribution is 0.594. The number of aromatic nitrogens is 1. The summed E-state index contributed by atoms with van der Waals surface area (Å²) >= 11 is 1.30. The fraction of sp³-hybridized carbons (Fsp3) is 0.250. The average molecular weight is 282 g/mol. The van der Waals surface area contributed by atoms with E-state index in [1.807, 2.05) is 19.9 Å². The van der Waals surface area contributed by atoms with Crippen molar-refractivity contribution in [1.29, 1.82) is 0 Å². The van der Waals surface area contributed by atoms with Crippen molar-refractivity contribution >= 4 is 26.5 Å². The monoisotopic (exact) mass is 282 g/mol. The molecule has 0 unspecified atom stereocenters. The smallest absolute Gasteiger partial charge is 0.244 e. The molecular weight excluding hydrogens is 268 g/mol. The number of hydrogen-bond acceptors (Lipinski definition) is 4. The molecule has 1 aromatic carbocycles. The van der Waals surface area contributed by atoms with Gasteiger partial charge in [-0.2, -0.15) is 0 Å². The summed E-state index contributed by atoms with van der Waals surface area (Å²) in [5, 5.41) is 2.22. The first-order valence-corrected chi connectivity index (χ1v) is 7.70. The van der Waals surface area contributed by atoms with E-state index in [0.717, 1.165) is 11.1 Å². The molecule has 6 heteroatoms. The van der Waals surface area contributed by atoms with Crippen LogP contribution in [-0.4, -0.2) is 20.4 Å². The lowest BCUT2D eigenvalue weighted by Gasteiger charge is -2.16. The van der Waals surface area contributed by atoms with Gasteiger partial charge in [-0.15, -0.1) is 11.3 Å². The first kappa shape index (κ1) is 13.0. The van der Waals surface area contributed by atoms with Crippen molar-refractivity contribution in [2.75, 3.05) is 11.4 Å². The van der Waals surface area contributed by atoms with Gasteiger partial charge in [0.1, 0.15) is 0 Å². The largest absolute Gasteiger partial charge is 0.265 e. The third kappa shape index (κ3) is 2.26. The molecule has 1 aromatic heterocycles. The van der Waals surface area contributed by atoms with Crippen LogP contribution in [0.1, 0.15) is 11.1 Å². The molecule has 0 aliphatic heterocycles. The second-order valence-corrected chi connectivity index (χ2v) is 6.88. The van der Waals surface area contributed by atoms with Crippen LogP contribution in [0.5, 0.6) is 0 Å². The second-order valence-electron chi connectivity index (χ2n) is 4.03. The van der Waals surface area contributed by atoms with E-state index in [9.17, 15) is 8.42 Å². The maximum absolute atomic E-state index is 12.4. The zero-order valence-electron chi connectivity index (χ0n) is 10.4. The van der Waals surface area contributed by atoms with Gasteiger partial charge in [-0.1, -0.05) is 6.07 Å². The number of thiazole rings is 1. The molecular formula is C12H14N2O2S2. The Kier molecular flexibility index (Phi) is 3.41. The Morgan fingerprint density at radius 2 is 1.94 bits per heavy atom. The maximum atomic E-state index is 12.4. The van der Waals surface area contributed by atoms with E-state index in [4.69, 9.17) is 0 Å². The zero-order chi connectivity index (χ0) is 13.3. The molecule has 4 nitrogen and oxygen atoms in total. The van der Waals surface area contributed by atoms with E-state index >= 15 is 0 Å². The minimum Gasteiger partial charge on any atom is -0.244 e. The molecule has 2 rings (SSSR count). The fourth-order valence-electron chi connectivity index (χ4n) is 1.51. The topological polar surface area (TPSA) is 50.3 Å². The van der Waals surface area contributed by atoms with Crippen LogP contribution < -0.4 is 4.31 Å². The molecule has 0 atom stereocenters. The van der Waals surface area contributed by atoms with Crippen LogP contribution >= 0.6 is 11.3 Å². The summed E-state index contributed by atoms with van der Waals surface area (Å²) in [6, 6.07) is 5.13. The highest BCUT2D eigenvalue weighted by atomic mass is 32.2. The van der Waals surface area contributed by atoms with Crippen molar-refractivity contribution < 1.29 is 8.42 Å². The Hall–Kier alpha value is -1.40. The summed E-state index contributed by atoms with van der Waals surface area (Å²) in [5.41, 5.74) is 2.04. The van der Waals surface area contributed by atoms with Crippen molar-refractivity contribution in [1.82, 2.24) is 4.98 Å². The van der Waals surface area contributed by atoms with E-state index in [-0.39, 0.29) is 0 Å². The molecule has 0 N–H and O–H groups in total. The highest BCUT2D eigenvalue weighted by Gasteiger charge is 2.23. The van der Waals surface area contributed by atoms with Gasteiger partial charge in [-0.3, -0.25) is 0 Å². The van der Waals surface area contributed by atoms with Crippen LogP contribution in [0.3, 0.4) is 0 Å². The third-order valence-electron chi connectivity index (χ3n) is 2.83. The molecule has 2 aromatic rings. The van der Waals surface area contributed by atoms with Gasteiger partial charge in [0, 0.05) is 18.6 Å². The van der Waals surface area contributed by atoms with Crippen LogP contribution in [-0.2, 0) is 10.0 Å². The SMILES string of the molecule is Cc1ccc(S(=O)(=O)N(C)c2nccs2)cc1C. The van der Waals surface area contributed by atoms with Crippen LogP contribution in [0.15, 0.2) is 34.7 Å². The summed E-state index contributed by atoms with van der Waals surface area (Å²) < 4.78 is 26.0. The standard InChI is InChI=1S/C12H14N2O2S2/c1-9-4-5-11(8-10(9)2)18(15,16)14(3)12-13-6-7-17-12/h4-8H,1-3H3. The number of hydrogen-bond donors (Lipinski definition) is 0. The first-order valence-electron chi connectivity index (χ1n) is 5.38. The molecule has 1 heterocycles. The molecule has 0 amide bonds. The van der Waals surface area contributed by atoms with Crippen molar-refractivity contribution in [3.8, 4) is 0 Å². The number of nitrogens with zero attached hydrogens (tertiary/aromatic N) is 2. The Morgan fingerprint density at radius 1 is 1.22 bits per heavy atom. The van der Waals surface area contributed by atoms with Gasteiger partial charge < -0.3 is 0 Å². The molecule has 18 heavy (non-hydrogen) atoms. The average Bonchev–Trinajstić information content (AvgIpc) is 2.85. The third-order valence-corrected chi connectivity index (χ3v) is 5.53. The van der Waals surface area contributed by atoms with Crippen LogP contribution in [0.2, 0.25) is 0 Å². The van der Waals surface area contributed by atoms with Crippen molar-refractivity contribution in [3.05, 3.63) is 40.9 Å². The molecule has 0 fully saturated rings. The quantitative estimate of drug-likeness (QED) is 0.869. The van der Waals surface area contributed by atoms with Gasteiger partial charge in [0.25, 0.3) is 10.0 Å². The van der Waals surface area contributed by atoms with Crippen LogP contribution in [0.4, 0.5) is 5.13 Å². The maximum Gasteiger partial charge on any atom is 0.265 e. The number of anilines is 1. The predicted octanol–water partition coefficient (Wildman–Crippen LogP) is 2.59. The normalized spacial score (nSPS) is 11.5. The summed E-state index contributed by atoms with van der Waals surface area (Å²) in [6.45, 7) is 3.86. The van der Waals surface area contributed by atoms with Gasteiger partial charge in [-0.05, 0) is 37.1 Å². The van der Waals surface area contributed by atoms with Gasteiger partial charge in [-0.25, -0.2) is 17.7 Å². The molecule has 96 valence electrons. The minimum atomic E-state index is -3.52. The highest BCUT2D eigenvalue weighted by Crippen LogP contribution is 2.24. The molecule has 0 aliphatic carbocycles. The van der Waals surface area contributed by atoms with Gasteiger partial charge in [0.15, 0.2) is 5.13 Å². The van der Waals surface area contributed by atoms with E-state index in [2.05, 4.69) is 4.98 Å². The lowest BCUT2D eigenvalue weighted by atomic mass is 10.1. The fourth-order valence-corrected chi connectivity index (χ4v) is 3.58.